The number of hydrogen-bond donors (Lipinski definition) is 0. The third-order valence-corrected chi connectivity index (χ3v) is 2.24. The quantitative estimate of drug-likeness (QED) is 0.554. The molecule has 0 saturated carbocycles. The van der Waals surface area contributed by atoms with E-state index in [9.17, 15) is 4.39 Å². The molecule has 1 heterocycles. The van der Waals surface area contributed by atoms with Crippen molar-refractivity contribution in [2.45, 2.75) is 26.3 Å². The molecular formula is C9H16FN. The van der Waals surface area contributed by atoms with Crippen molar-refractivity contribution >= 4 is 0 Å². The Morgan fingerprint density at radius 1 is 1.64 bits per heavy atom. The monoisotopic (exact) mass is 157 g/mol. The largest absolute Gasteiger partial charge is 0.297 e. The molecule has 11 heavy (non-hydrogen) atoms. The van der Waals surface area contributed by atoms with E-state index in [1.807, 2.05) is 6.08 Å². The Kier molecular flexibility index (Phi) is 3.06. The summed E-state index contributed by atoms with van der Waals surface area (Å²) in [6, 6.07) is 0.590. The van der Waals surface area contributed by atoms with E-state index in [0.29, 0.717) is 6.04 Å². The van der Waals surface area contributed by atoms with Gasteiger partial charge in [0.25, 0.3) is 0 Å². The van der Waals surface area contributed by atoms with Crippen molar-refractivity contribution in [2.75, 3.05) is 19.8 Å². The van der Waals surface area contributed by atoms with Crippen molar-refractivity contribution in [3.8, 4) is 0 Å². The number of nitrogens with zero attached hydrogens (tertiary/aromatic N) is 1. The van der Waals surface area contributed by atoms with Crippen LogP contribution in [-0.2, 0) is 0 Å². The van der Waals surface area contributed by atoms with Gasteiger partial charge in [-0.25, -0.2) is 4.39 Å². The van der Waals surface area contributed by atoms with Crippen molar-refractivity contribution < 1.29 is 4.39 Å². The van der Waals surface area contributed by atoms with E-state index in [-0.39, 0.29) is 6.67 Å². The fourth-order valence-electron chi connectivity index (χ4n) is 1.32. The highest BCUT2D eigenvalue weighted by Gasteiger charge is 2.13. The fraction of sp³-hybridized carbons (Fsp3) is 0.778. The zero-order valence-corrected chi connectivity index (χ0v) is 7.31. The second-order valence-corrected chi connectivity index (χ2v) is 3.33. The zero-order chi connectivity index (χ0) is 8.27. The fourth-order valence-corrected chi connectivity index (χ4v) is 1.32. The maximum atomic E-state index is 12.1. The van der Waals surface area contributed by atoms with Crippen LogP contribution < -0.4 is 0 Å². The maximum Gasteiger partial charge on any atom is 0.111 e. The lowest BCUT2D eigenvalue weighted by atomic mass is 10.1. The second kappa shape index (κ2) is 3.86. The average molecular weight is 157 g/mol. The van der Waals surface area contributed by atoms with Gasteiger partial charge in [0.15, 0.2) is 0 Å². The molecule has 0 bridgehead atoms. The first kappa shape index (κ1) is 8.72. The molecule has 1 aliphatic heterocycles. The summed E-state index contributed by atoms with van der Waals surface area (Å²) in [6.07, 6.45) is 2.93. The number of alkyl halides is 1. The van der Waals surface area contributed by atoms with Gasteiger partial charge in [0.2, 0.25) is 0 Å². The first-order valence-electron chi connectivity index (χ1n) is 4.22. The first-order valence-corrected chi connectivity index (χ1v) is 4.22. The van der Waals surface area contributed by atoms with Gasteiger partial charge in [0.05, 0.1) is 0 Å². The lowest BCUT2D eigenvalue weighted by molar-refractivity contribution is 0.236. The predicted octanol–water partition coefficient (Wildman–Crippen LogP) is 2.00. The summed E-state index contributed by atoms with van der Waals surface area (Å²) in [5.41, 5.74) is 0.974. The topological polar surface area (TPSA) is 3.24 Å². The summed E-state index contributed by atoms with van der Waals surface area (Å²) in [7, 11) is 0. The Morgan fingerprint density at radius 3 is 2.73 bits per heavy atom. The van der Waals surface area contributed by atoms with Crippen molar-refractivity contribution in [3.63, 3.8) is 0 Å². The highest BCUT2D eigenvalue weighted by molar-refractivity contribution is 5.07. The standard InChI is InChI=1S/C9H16FN/c1-8(2)11-5-3-9(7-10)4-6-11/h3,8H,4-7H2,1-2H3. The van der Waals surface area contributed by atoms with Gasteiger partial charge in [-0.3, -0.25) is 4.90 Å². The van der Waals surface area contributed by atoms with E-state index < -0.39 is 0 Å². The molecule has 0 unspecified atom stereocenters. The van der Waals surface area contributed by atoms with Crippen molar-refractivity contribution in [1.82, 2.24) is 4.90 Å². The zero-order valence-electron chi connectivity index (χ0n) is 7.31. The van der Waals surface area contributed by atoms with Crippen LogP contribution in [0.4, 0.5) is 4.39 Å². The van der Waals surface area contributed by atoms with Gasteiger partial charge in [0.1, 0.15) is 6.67 Å². The number of halogens is 1. The summed E-state index contributed by atoms with van der Waals surface area (Å²) in [5, 5.41) is 0. The van der Waals surface area contributed by atoms with Crippen LogP contribution in [0.2, 0.25) is 0 Å². The van der Waals surface area contributed by atoms with Gasteiger partial charge in [-0.15, -0.1) is 0 Å². The molecule has 0 saturated heterocycles. The lowest BCUT2D eigenvalue weighted by Gasteiger charge is -2.28. The molecule has 0 radical (unpaired) electrons. The molecule has 2 heteroatoms. The van der Waals surface area contributed by atoms with Gasteiger partial charge >= 0.3 is 0 Å². The third-order valence-electron chi connectivity index (χ3n) is 2.24. The Morgan fingerprint density at radius 2 is 2.36 bits per heavy atom. The summed E-state index contributed by atoms with van der Waals surface area (Å²) in [6.45, 7) is 6.04. The summed E-state index contributed by atoms with van der Waals surface area (Å²) in [5.74, 6) is 0. The van der Waals surface area contributed by atoms with Crippen LogP contribution >= 0.6 is 0 Å². The van der Waals surface area contributed by atoms with E-state index in [0.717, 1.165) is 25.1 Å². The summed E-state index contributed by atoms with van der Waals surface area (Å²) >= 11 is 0. The Hall–Kier alpha value is -0.370. The van der Waals surface area contributed by atoms with Gasteiger partial charge in [0, 0.05) is 19.1 Å². The number of hydrogen-bond acceptors (Lipinski definition) is 1. The molecule has 0 amide bonds. The molecule has 0 N–H and O–H groups in total. The minimum absolute atomic E-state index is 0.258. The average Bonchev–Trinajstić information content (AvgIpc) is 2.05. The third kappa shape index (κ3) is 2.29. The van der Waals surface area contributed by atoms with Crippen molar-refractivity contribution in [1.29, 1.82) is 0 Å². The normalized spacial score (nSPS) is 20.5. The summed E-state index contributed by atoms with van der Waals surface area (Å²) < 4.78 is 12.1. The molecule has 1 nitrogen and oxygen atoms in total. The van der Waals surface area contributed by atoms with Crippen LogP contribution in [-0.4, -0.2) is 30.7 Å². The molecule has 64 valence electrons. The molecular weight excluding hydrogens is 141 g/mol. The second-order valence-electron chi connectivity index (χ2n) is 3.33. The van der Waals surface area contributed by atoms with Gasteiger partial charge in [-0.2, -0.15) is 0 Å². The van der Waals surface area contributed by atoms with Gasteiger partial charge in [-0.1, -0.05) is 6.08 Å². The Balaban J connectivity index is 2.41. The van der Waals surface area contributed by atoms with Crippen LogP contribution in [0.15, 0.2) is 11.6 Å². The molecule has 0 spiro atoms. The predicted molar refractivity (Wildman–Crippen MR) is 45.4 cm³/mol. The molecule has 0 aromatic rings. The minimum Gasteiger partial charge on any atom is -0.297 e. The molecule has 0 aromatic heterocycles. The van der Waals surface area contributed by atoms with E-state index in [1.165, 1.54) is 0 Å². The molecule has 0 aromatic carbocycles. The van der Waals surface area contributed by atoms with Gasteiger partial charge in [-0.05, 0) is 25.8 Å². The Labute approximate surface area is 67.9 Å². The first-order chi connectivity index (χ1) is 5.24. The van der Waals surface area contributed by atoms with Crippen LogP contribution in [0.3, 0.4) is 0 Å². The van der Waals surface area contributed by atoms with E-state index in [2.05, 4.69) is 18.7 Å². The van der Waals surface area contributed by atoms with E-state index in [1.54, 1.807) is 0 Å². The van der Waals surface area contributed by atoms with Crippen LogP contribution in [0.1, 0.15) is 20.3 Å². The highest BCUT2D eigenvalue weighted by atomic mass is 19.1. The van der Waals surface area contributed by atoms with Gasteiger partial charge < -0.3 is 0 Å². The van der Waals surface area contributed by atoms with E-state index >= 15 is 0 Å². The SMILES string of the molecule is CC(C)N1CC=C(CF)CC1. The van der Waals surface area contributed by atoms with Crippen molar-refractivity contribution in [2.24, 2.45) is 0 Å². The van der Waals surface area contributed by atoms with Crippen LogP contribution in [0.25, 0.3) is 0 Å². The van der Waals surface area contributed by atoms with Crippen LogP contribution in [0, 0.1) is 0 Å². The lowest BCUT2D eigenvalue weighted by Crippen LogP contribution is -2.34. The molecule has 0 aliphatic carbocycles. The molecule has 1 aliphatic rings. The van der Waals surface area contributed by atoms with Crippen LogP contribution in [0.5, 0.6) is 0 Å². The Bertz CT molecular complexity index is 152. The molecule has 0 fully saturated rings. The van der Waals surface area contributed by atoms with Crippen molar-refractivity contribution in [3.05, 3.63) is 11.6 Å². The highest BCUT2D eigenvalue weighted by Crippen LogP contribution is 2.12. The maximum absolute atomic E-state index is 12.1. The number of rotatable bonds is 2. The minimum atomic E-state index is -0.258. The molecule has 0 atom stereocenters. The molecule has 1 rings (SSSR count). The summed E-state index contributed by atoms with van der Waals surface area (Å²) in [4.78, 5) is 2.35. The smallest absolute Gasteiger partial charge is 0.111 e. The van der Waals surface area contributed by atoms with E-state index in [4.69, 9.17) is 0 Å².